The second-order valence-corrected chi connectivity index (χ2v) is 8.91. The molecule has 0 radical (unpaired) electrons. The van der Waals surface area contributed by atoms with Crippen LogP contribution in [0.4, 0.5) is 11.4 Å². The second-order valence-electron chi connectivity index (χ2n) is 8.91. The fraction of sp³-hybridized carbons (Fsp3) is 0.300. The van der Waals surface area contributed by atoms with Gasteiger partial charge in [-0.1, -0.05) is 106 Å². The molecule has 0 bridgehead atoms. The van der Waals surface area contributed by atoms with E-state index in [1.165, 1.54) is 83.5 Å². The summed E-state index contributed by atoms with van der Waals surface area (Å²) in [5.74, 6) is 0. The smallest absolute Gasteiger partial charge is 0.0744 e. The van der Waals surface area contributed by atoms with Crippen LogP contribution in [-0.4, -0.2) is 5.71 Å². The van der Waals surface area contributed by atoms with Gasteiger partial charge in [-0.25, -0.2) is 5.01 Å². The topological polar surface area (TPSA) is 15.6 Å². The maximum Gasteiger partial charge on any atom is 0.0744 e. The largest absolute Gasteiger partial charge is 0.233 e. The van der Waals surface area contributed by atoms with Gasteiger partial charge in [0.15, 0.2) is 0 Å². The summed E-state index contributed by atoms with van der Waals surface area (Å²) in [5.41, 5.74) is 4.83. The normalized spacial score (nSPS) is 13.0. The molecule has 2 nitrogen and oxygen atoms in total. The molecule has 4 aromatic carbocycles. The lowest BCUT2D eigenvalue weighted by atomic mass is 9.91. The molecule has 0 saturated carbocycles. The minimum absolute atomic E-state index is 1.03. The lowest BCUT2D eigenvalue weighted by Crippen LogP contribution is -2.19. The zero-order chi connectivity index (χ0) is 21.8. The van der Waals surface area contributed by atoms with Crippen LogP contribution in [0.2, 0.25) is 0 Å². The molecule has 5 rings (SSSR count). The summed E-state index contributed by atoms with van der Waals surface area (Å²) in [5, 5.41) is 12.6. The Bertz CT molecular complexity index is 1240. The van der Waals surface area contributed by atoms with Crippen LogP contribution in [0.1, 0.15) is 63.9 Å². The molecule has 0 unspecified atom stereocenters. The first-order valence-corrected chi connectivity index (χ1v) is 12.2. The highest BCUT2D eigenvalue weighted by molar-refractivity contribution is 6.23. The van der Waals surface area contributed by atoms with Gasteiger partial charge in [0.1, 0.15) is 0 Å². The lowest BCUT2D eigenvalue weighted by molar-refractivity contribution is 0.595. The van der Waals surface area contributed by atoms with E-state index in [9.17, 15) is 0 Å². The molecule has 1 heterocycles. The summed E-state index contributed by atoms with van der Waals surface area (Å²) in [6.45, 7) is 2.28. The fourth-order valence-corrected chi connectivity index (χ4v) is 4.98. The first kappa shape index (κ1) is 20.8. The molecule has 0 fully saturated rings. The Morgan fingerprint density at radius 3 is 2.25 bits per heavy atom. The number of hydrogen-bond acceptors (Lipinski definition) is 2. The Labute approximate surface area is 191 Å². The Kier molecular flexibility index (Phi) is 6.20. The minimum Gasteiger partial charge on any atom is -0.233 e. The van der Waals surface area contributed by atoms with Crippen molar-refractivity contribution in [2.45, 2.75) is 58.3 Å². The zero-order valence-corrected chi connectivity index (χ0v) is 19.1. The molecule has 0 amide bonds. The van der Waals surface area contributed by atoms with E-state index in [4.69, 9.17) is 5.10 Å². The summed E-state index contributed by atoms with van der Waals surface area (Å²) in [4.78, 5) is 0. The zero-order valence-electron chi connectivity index (χ0n) is 19.1. The molecule has 162 valence electrons. The number of para-hydroxylation sites is 1. The Morgan fingerprint density at radius 1 is 0.688 bits per heavy atom. The van der Waals surface area contributed by atoms with Crippen LogP contribution in [0.15, 0.2) is 84.0 Å². The van der Waals surface area contributed by atoms with Crippen molar-refractivity contribution in [2.75, 3.05) is 5.01 Å². The van der Waals surface area contributed by atoms with Crippen molar-refractivity contribution >= 4 is 38.6 Å². The van der Waals surface area contributed by atoms with Crippen LogP contribution in [0, 0.1) is 0 Å². The molecule has 0 aromatic heterocycles. The van der Waals surface area contributed by atoms with Gasteiger partial charge < -0.3 is 0 Å². The van der Waals surface area contributed by atoms with Crippen molar-refractivity contribution in [2.24, 2.45) is 5.10 Å². The van der Waals surface area contributed by atoms with Crippen LogP contribution in [0.5, 0.6) is 0 Å². The van der Waals surface area contributed by atoms with E-state index in [0.29, 0.717) is 0 Å². The lowest BCUT2D eigenvalue weighted by Gasteiger charge is -2.29. The number of hydrazone groups is 1. The average Bonchev–Trinajstić information content (AvgIpc) is 2.85. The van der Waals surface area contributed by atoms with Crippen molar-refractivity contribution in [1.82, 2.24) is 0 Å². The van der Waals surface area contributed by atoms with E-state index in [1.54, 1.807) is 0 Å². The number of rotatable bonds is 9. The number of benzene rings is 4. The molecule has 2 heteroatoms. The monoisotopic (exact) mass is 420 g/mol. The van der Waals surface area contributed by atoms with Crippen LogP contribution in [0.25, 0.3) is 21.5 Å². The highest BCUT2D eigenvalue weighted by Crippen LogP contribution is 2.42. The summed E-state index contributed by atoms with van der Waals surface area (Å²) < 4.78 is 0. The van der Waals surface area contributed by atoms with Gasteiger partial charge in [-0.2, -0.15) is 5.10 Å². The Balaban J connectivity index is 1.53. The molecule has 0 atom stereocenters. The molecule has 0 saturated heterocycles. The van der Waals surface area contributed by atoms with Gasteiger partial charge in [0.25, 0.3) is 0 Å². The van der Waals surface area contributed by atoms with E-state index >= 15 is 0 Å². The van der Waals surface area contributed by atoms with Crippen molar-refractivity contribution in [1.29, 1.82) is 0 Å². The van der Waals surface area contributed by atoms with Crippen molar-refractivity contribution in [3.8, 4) is 0 Å². The molecule has 4 aromatic rings. The summed E-state index contributed by atoms with van der Waals surface area (Å²) >= 11 is 0. The maximum atomic E-state index is 5.22. The van der Waals surface area contributed by atoms with Crippen LogP contribution in [-0.2, 0) is 0 Å². The van der Waals surface area contributed by atoms with Crippen LogP contribution in [0.3, 0.4) is 0 Å². The maximum absolute atomic E-state index is 5.22. The third-order valence-electron chi connectivity index (χ3n) is 6.64. The predicted octanol–water partition coefficient (Wildman–Crippen LogP) is 8.99. The number of fused-ring (bicyclic) bond motifs is 2. The molecule has 1 aliphatic heterocycles. The van der Waals surface area contributed by atoms with Crippen molar-refractivity contribution in [3.63, 3.8) is 0 Å². The molecule has 0 spiro atoms. The molecule has 1 aliphatic rings. The highest BCUT2D eigenvalue weighted by atomic mass is 15.5. The fourth-order valence-electron chi connectivity index (χ4n) is 4.98. The molecular formula is C30H32N2. The van der Waals surface area contributed by atoms with Gasteiger partial charge in [0.05, 0.1) is 17.1 Å². The third kappa shape index (κ3) is 4.02. The molecule has 0 N–H and O–H groups in total. The second kappa shape index (κ2) is 9.56. The Morgan fingerprint density at radius 2 is 1.41 bits per heavy atom. The van der Waals surface area contributed by atoms with E-state index in [1.807, 2.05) is 0 Å². The highest BCUT2D eigenvalue weighted by Gasteiger charge is 2.24. The third-order valence-corrected chi connectivity index (χ3v) is 6.64. The number of hydrogen-bond donors (Lipinski definition) is 0. The van der Waals surface area contributed by atoms with Crippen molar-refractivity contribution < 1.29 is 0 Å². The van der Waals surface area contributed by atoms with Crippen molar-refractivity contribution in [3.05, 3.63) is 84.4 Å². The quantitative estimate of drug-likeness (QED) is 0.195. The first-order chi connectivity index (χ1) is 15.9. The van der Waals surface area contributed by atoms with Gasteiger partial charge in [0, 0.05) is 10.9 Å². The van der Waals surface area contributed by atoms with Crippen LogP contribution >= 0.6 is 0 Å². The standard InChI is InChI=1S/C30H32N2/c1-2-3-4-5-6-7-11-21-28-27-20-14-19-26-25-18-13-12-15-23(25)22-29(30(26)27)32(31-28)24-16-9-8-10-17-24/h8-10,12-20,22H,2-7,11,21H2,1H3. The van der Waals surface area contributed by atoms with E-state index in [-0.39, 0.29) is 0 Å². The van der Waals surface area contributed by atoms with Gasteiger partial charge in [0.2, 0.25) is 0 Å². The first-order valence-electron chi connectivity index (χ1n) is 12.2. The van der Waals surface area contributed by atoms with Gasteiger partial charge in [-0.05, 0) is 47.2 Å². The van der Waals surface area contributed by atoms with Crippen LogP contribution < -0.4 is 5.01 Å². The number of unbranched alkanes of at least 4 members (excludes halogenated alkanes) is 6. The summed E-state index contributed by atoms with van der Waals surface area (Å²) in [6.07, 6.45) is 10.3. The summed E-state index contributed by atoms with van der Waals surface area (Å²) in [6, 6.07) is 28.3. The van der Waals surface area contributed by atoms with E-state index < -0.39 is 0 Å². The number of nitrogens with zero attached hydrogens (tertiary/aromatic N) is 2. The Hall–Kier alpha value is -3.13. The van der Waals surface area contributed by atoms with Gasteiger partial charge in [-0.15, -0.1) is 0 Å². The van der Waals surface area contributed by atoms with Gasteiger partial charge >= 0.3 is 0 Å². The number of anilines is 2. The minimum atomic E-state index is 1.03. The average molecular weight is 421 g/mol. The summed E-state index contributed by atoms with van der Waals surface area (Å²) in [7, 11) is 0. The molecule has 32 heavy (non-hydrogen) atoms. The molecular weight excluding hydrogens is 388 g/mol. The molecule has 0 aliphatic carbocycles. The van der Waals surface area contributed by atoms with E-state index in [2.05, 4.69) is 90.8 Å². The van der Waals surface area contributed by atoms with E-state index in [0.717, 1.165) is 12.1 Å². The van der Waals surface area contributed by atoms with Gasteiger partial charge in [-0.3, -0.25) is 0 Å². The predicted molar refractivity (Wildman–Crippen MR) is 139 cm³/mol. The SMILES string of the molecule is CCCCCCCCCC1=NN(c2ccccc2)c2cc3ccccc3c3cccc1c23.